The predicted molar refractivity (Wildman–Crippen MR) is 138 cm³/mol. The molecule has 1 aliphatic heterocycles. The number of hydrogen-bond acceptors (Lipinski definition) is 5. The summed E-state index contributed by atoms with van der Waals surface area (Å²) in [6, 6.07) is 11.5. The van der Waals surface area contributed by atoms with Crippen molar-refractivity contribution in [1.29, 1.82) is 0 Å². The SMILES string of the molecule is CCc1ccc(S(=O)(=O)N2CCC(N(SC3=CCCC=C3Cl)c3ccc(C)cn3)CC2)cc1. The Bertz CT molecular complexity index is 1120. The average molecular weight is 504 g/mol. The highest BCUT2D eigenvalue weighted by atomic mass is 35.5. The Kier molecular flexibility index (Phi) is 7.84. The number of rotatable bonds is 7. The van der Waals surface area contributed by atoms with Crippen LogP contribution in [-0.4, -0.2) is 36.8 Å². The van der Waals surface area contributed by atoms with E-state index in [0.29, 0.717) is 18.0 Å². The molecule has 0 bridgehead atoms. The lowest BCUT2D eigenvalue weighted by atomic mass is 10.1. The lowest BCUT2D eigenvalue weighted by Gasteiger charge is -2.38. The van der Waals surface area contributed by atoms with Crippen LogP contribution in [0.25, 0.3) is 0 Å². The Balaban J connectivity index is 1.51. The smallest absolute Gasteiger partial charge is 0.243 e. The fourth-order valence-electron chi connectivity index (χ4n) is 4.07. The van der Waals surface area contributed by atoms with Crippen LogP contribution < -0.4 is 4.31 Å². The maximum Gasteiger partial charge on any atom is 0.243 e. The van der Waals surface area contributed by atoms with E-state index in [1.165, 1.54) is 0 Å². The number of allylic oxidation sites excluding steroid dienone is 3. The lowest BCUT2D eigenvalue weighted by Crippen LogP contribution is -2.45. The third-order valence-corrected chi connectivity index (χ3v) is 9.75. The zero-order valence-electron chi connectivity index (χ0n) is 19.1. The molecule has 176 valence electrons. The van der Waals surface area contributed by atoms with E-state index >= 15 is 0 Å². The van der Waals surface area contributed by atoms with Crippen LogP contribution in [0.5, 0.6) is 0 Å². The highest BCUT2D eigenvalue weighted by Crippen LogP contribution is 2.39. The molecule has 0 unspecified atom stereocenters. The van der Waals surface area contributed by atoms with Gasteiger partial charge < -0.3 is 0 Å². The maximum absolute atomic E-state index is 13.2. The first-order valence-electron chi connectivity index (χ1n) is 11.4. The van der Waals surface area contributed by atoms with E-state index in [9.17, 15) is 8.42 Å². The normalized spacial score (nSPS) is 18.0. The number of aromatic nitrogens is 1. The third kappa shape index (κ3) is 5.65. The second-order valence-corrected chi connectivity index (χ2v) is 11.8. The molecule has 1 aromatic carbocycles. The van der Waals surface area contributed by atoms with Crippen molar-refractivity contribution in [3.8, 4) is 0 Å². The number of nitrogens with zero attached hydrogens (tertiary/aromatic N) is 3. The second-order valence-electron chi connectivity index (χ2n) is 8.44. The Morgan fingerprint density at radius 2 is 1.79 bits per heavy atom. The van der Waals surface area contributed by atoms with Crippen LogP contribution >= 0.6 is 23.5 Å². The Labute approximate surface area is 206 Å². The van der Waals surface area contributed by atoms with Crippen molar-refractivity contribution >= 4 is 39.4 Å². The van der Waals surface area contributed by atoms with Gasteiger partial charge in [0.2, 0.25) is 10.0 Å². The molecule has 33 heavy (non-hydrogen) atoms. The summed E-state index contributed by atoms with van der Waals surface area (Å²) in [5.41, 5.74) is 2.24. The van der Waals surface area contributed by atoms with Crippen LogP contribution in [0.1, 0.15) is 43.7 Å². The summed E-state index contributed by atoms with van der Waals surface area (Å²) in [6.45, 7) is 5.04. The van der Waals surface area contributed by atoms with E-state index in [2.05, 4.69) is 34.4 Å². The standard InChI is InChI=1S/C25H30ClN3O2S2/c1-3-20-9-11-22(12-10-20)33(30,31)28-16-14-21(15-17-28)29(25-13-8-19(2)18-27-25)32-24-7-5-4-6-23(24)26/h6-13,18,21H,3-5,14-17H2,1-2H3. The van der Waals surface area contributed by atoms with Crippen molar-refractivity contribution in [3.05, 3.63) is 75.8 Å². The molecular weight excluding hydrogens is 474 g/mol. The van der Waals surface area contributed by atoms with Gasteiger partial charge in [0.25, 0.3) is 0 Å². The number of benzene rings is 1. The quantitative estimate of drug-likeness (QED) is 0.430. The zero-order valence-corrected chi connectivity index (χ0v) is 21.5. The van der Waals surface area contributed by atoms with Crippen LogP contribution in [0.2, 0.25) is 0 Å². The molecule has 2 heterocycles. The second kappa shape index (κ2) is 10.6. The average Bonchev–Trinajstić information content (AvgIpc) is 2.84. The summed E-state index contributed by atoms with van der Waals surface area (Å²) in [5.74, 6) is 0.873. The van der Waals surface area contributed by atoms with Crippen LogP contribution in [0.15, 0.2) is 69.6 Å². The van der Waals surface area contributed by atoms with Gasteiger partial charge in [0.05, 0.1) is 9.93 Å². The first-order valence-corrected chi connectivity index (χ1v) is 14.0. The highest BCUT2D eigenvalue weighted by molar-refractivity contribution is 8.04. The molecule has 2 aliphatic rings. The molecule has 1 fully saturated rings. The van der Waals surface area contributed by atoms with E-state index in [4.69, 9.17) is 11.6 Å². The Morgan fingerprint density at radius 3 is 2.39 bits per heavy atom. The van der Waals surface area contributed by atoms with Crippen molar-refractivity contribution in [2.75, 3.05) is 17.4 Å². The summed E-state index contributed by atoms with van der Waals surface area (Å²) < 4.78 is 30.2. The first kappa shape index (κ1) is 24.3. The third-order valence-electron chi connectivity index (χ3n) is 6.10. The number of pyridine rings is 1. The van der Waals surface area contributed by atoms with Gasteiger partial charge in [-0.15, -0.1) is 0 Å². The Hall–Kier alpha value is -1.80. The summed E-state index contributed by atoms with van der Waals surface area (Å²) in [7, 11) is -3.49. The number of aryl methyl sites for hydroxylation is 2. The molecule has 1 aliphatic carbocycles. The molecule has 0 saturated carbocycles. The molecular formula is C25H30ClN3O2S2. The Morgan fingerprint density at radius 1 is 1.09 bits per heavy atom. The van der Waals surface area contributed by atoms with E-state index < -0.39 is 10.0 Å². The summed E-state index contributed by atoms with van der Waals surface area (Å²) in [4.78, 5) is 6.07. The van der Waals surface area contributed by atoms with E-state index in [1.807, 2.05) is 31.3 Å². The van der Waals surface area contributed by atoms with Gasteiger partial charge >= 0.3 is 0 Å². The van der Waals surface area contributed by atoms with Crippen molar-refractivity contribution in [1.82, 2.24) is 9.29 Å². The van der Waals surface area contributed by atoms with E-state index in [0.717, 1.165) is 59.0 Å². The molecule has 8 heteroatoms. The fraction of sp³-hybridized carbons (Fsp3) is 0.400. The minimum atomic E-state index is -3.49. The van der Waals surface area contributed by atoms with Crippen molar-refractivity contribution < 1.29 is 8.42 Å². The van der Waals surface area contributed by atoms with Gasteiger partial charge in [-0.1, -0.05) is 48.9 Å². The number of sulfonamides is 1. The topological polar surface area (TPSA) is 53.5 Å². The largest absolute Gasteiger partial charge is 0.293 e. The van der Waals surface area contributed by atoms with Crippen LogP contribution in [0.3, 0.4) is 0 Å². The highest BCUT2D eigenvalue weighted by Gasteiger charge is 2.33. The van der Waals surface area contributed by atoms with Gasteiger partial charge in [0.15, 0.2) is 0 Å². The number of anilines is 1. The minimum Gasteiger partial charge on any atom is -0.293 e. The van der Waals surface area contributed by atoms with Crippen molar-refractivity contribution in [2.45, 2.75) is 56.9 Å². The van der Waals surface area contributed by atoms with Gasteiger partial charge in [0, 0.05) is 30.2 Å². The predicted octanol–water partition coefficient (Wildman–Crippen LogP) is 6.06. The van der Waals surface area contributed by atoms with Crippen LogP contribution in [0, 0.1) is 6.92 Å². The van der Waals surface area contributed by atoms with Gasteiger partial charge in [0.1, 0.15) is 5.82 Å². The molecule has 1 aromatic heterocycles. The van der Waals surface area contributed by atoms with Gasteiger partial charge in [-0.2, -0.15) is 4.31 Å². The summed E-state index contributed by atoms with van der Waals surface area (Å²) in [6.07, 6.45) is 10.4. The van der Waals surface area contributed by atoms with E-state index in [1.54, 1.807) is 28.4 Å². The number of halogens is 1. The van der Waals surface area contributed by atoms with E-state index in [-0.39, 0.29) is 6.04 Å². The molecule has 2 aromatic rings. The van der Waals surface area contributed by atoms with Crippen molar-refractivity contribution in [2.24, 2.45) is 0 Å². The zero-order chi connectivity index (χ0) is 23.4. The molecule has 0 atom stereocenters. The molecule has 4 rings (SSSR count). The molecule has 0 N–H and O–H groups in total. The molecule has 0 amide bonds. The van der Waals surface area contributed by atoms with Crippen LogP contribution in [0.4, 0.5) is 5.82 Å². The first-order chi connectivity index (χ1) is 15.9. The van der Waals surface area contributed by atoms with Gasteiger partial charge in [-0.25, -0.2) is 13.4 Å². The summed E-state index contributed by atoms with van der Waals surface area (Å²) >= 11 is 8.10. The molecule has 0 spiro atoms. The minimum absolute atomic E-state index is 0.159. The maximum atomic E-state index is 13.2. The molecule has 0 radical (unpaired) electrons. The number of hydrogen-bond donors (Lipinski definition) is 0. The van der Waals surface area contributed by atoms with Gasteiger partial charge in [-0.3, -0.25) is 4.31 Å². The van der Waals surface area contributed by atoms with Gasteiger partial charge in [-0.05, 0) is 80.3 Å². The molecule has 1 saturated heterocycles. The lowest BCUT2D eigenvalue weighted by molar-refractivity contribution is 0.322. The molecule has 5 nitrogen and oxygen atoms in total. The van der Waals surface area contributed by atoms with Crippen LogP contribution in [-0.2, 0) is 16.4 Å². The van der Waals surface area contributed by atoms with Crippen molar-refractivity contribution in [3.63, 3.8) is 0 Å². The number of piperidine rings is 1. The summed E-state index contributed by atoms with van der Waals surface area (Å²) in [5, 5.41) is 0.777. The fourth-order valence-corrected chi connectivity index (χ4v) is 6.97. The monoisotopic (exact) mass is 503 g/mol.